The molecule has 0 unspecified atom stereocenters. The highest BCUT2D eigenvalue weighted by Crippen LogP contribution is 2.34. The Morgan fingerprint density at radius 3 is 2.24 bits per heavy atom. The lowest BCUT2D eigenvalue weighted by Crippen LogP contribution is -2.03. The molecule has 110 valence electrons. The number of rotatable bonds is 5. The minimum absolute atomic E-state index is 0.0884. The number of benzene rings is 2. The molecule has 0 aliphatic carbocycles. The molecule has 6 heteroatoms. The van der Waals surface area contributed by atoms with E-state index >= 15 is 0 Å². The topological polar surface area (TPSA) is 55.2 Å². The van der Waals surface area contributed by atoms with Crippen LogP contribution in [-0.4, -0.2) is 4.92 Å². The fraction of sp³-hybridized carbons (Fsp3) is 0.200. The normalized spacial score (nSPS) is 10.4. The minimum atomic E-state index is -0.481. The van der Waals surface area contributed by atoms with Crippen molar-refractivity contribution >= 4 is 34.6 Å². The van der Waals surface area contributed by atoms with Crippen LogP contribution in [0.25, 0.3) is 0 Å². The van der Waals surface area contributed by atoms with Crippen LogP contribution in [0.1, 0.15) is 18.1 Å². The van der Waals surface area contributed by atoms with Crippen molar-refractivity contribution < 1.29 is 4.92 Å². The van der Waals surface area contributed by atoms with Crippen LogP contribution in [0.5, 0.6) is 0 Å². The molecule has 0 saturated carbocycles. The number of nitro groups is 1. The van der Waals surface area contributed by atoms with Crippen LogP contribution < -0.4 is 5.32 Å². The molecule has 0 aliphatic rings. The standard InChI is InChI=1S/C15H14Cl2N2O2/c1-2-10-3-5-11(6-4-10)9-18-14-7-12(16)13(17)8-15(14)19(20)21/h3-8,18H,2,9H2,1H3. The van der Waals surface area contributed by atoms with E-state index in [9.17, 15) is 10.1 Å². The highest BCUT2D eigenvalue weighted by atomic mass is 35.5. The van der Waals surface area contributed by atoms with E-state index in [2.05, 4.69) is 12.2 Å². The molecule has 1 N–H and O–H groups in total. The van der Waals surface area contributed by atoms with Crippen LogP contribution in [0.4, 0.5) is 11.4 Å². The number of hydrogen-bond acceptors (Lipinski definition) is 3. The molecule has 0 spiro atoms. The monoisotopic (exact) mass is 324 g/mol. The maximum absolute atomic E-state index is 11.0. The maximum Gasteiger partial charge on any atom is 0.293 e. The van der Waals surface area contributed by atoms with E-state index in [4.69, 9.17) is 23.2 Å². The molecule has 0 aromatic heterocycles. The second-order valence-electron chi connectivity index (χ2n) is 4.56. The van der Waals surface area contributed by atoms with Crippen molar-refractivity contribution in [2.75, 3.05) is 5.32 Å². The van der Waals surface area contributed by atoms with Crippen LogP contribution in [0.15, 0.2) is 36.4 Å². The zero-order valence-electron chi connectivity index (χ0n) is 11.4. The van der Waals surface area contributed by atoms with Gasteiger partial charge in [-0.25, -0.2) is 0 Å². The van der Waals surface area contributed by atoms with Gasteiger partial charge in [0.1, 0.15) is 5.69 Å². The molecule has 0 fully saturated rings. The Bertz CT molecular complexity index is 657. The van der Waals surface area contributed by atoms with Gasteiger partial charge in [0.25, 0.3) is 5.69 Å². The first kappa shape index (κ1) is 15.6. The van der Waals surface area contributed by atoms with Gasteiger partial charge in [-0.15, -0.1) is 0 Å². The van der Waals surface area contributed by atoms with Crippen LogP contribution in [-0.2, 0) is 13.0 Å². The second-order valence-corrected chi connectivity index (χ2v) is 5.38. The molecule has 0 radical (unpaired) electrons. The molecule has 0 aliphatic heterocycles. The summed E-state index contributed by atoms with van der Waals surface area (Å²) in [5.41, 5.74) is 2.55. The van der Waals surface area contributed by atoms with Gasteiger partial charge in [0.15, 0.2) is 0 Å². The van der Waals surface area contributed by atoms with Crippen molar-refractivity contribution in [3.63, 3.8) is 0 Å². The van der Waals surface area contributed by atoms with Gasteiger partial charge >= 0.3 is 0 Å². The van der Waals surface area contributed by atoms with Crippen molar-refractivity contribution in [1.29, 1.82) is 0 Å². The van der Waals surface area contributed by atoms with Crippen LogP contribution in [0.3, 0.4) is 0 Å². The van der Waals surface area contributed by atoms with E-state index in [1.165, 1.54) is 17.7 Å². The number of hydrogen-bond donors (Lipinski definition) is 1. The van der Waals surface area contributed by atoms with E-state index in [-0.39, 0.29) is 15.7 Å². The van der Waals surface area contributed by atoms with E-state index in [1.54, 1.807) is 0 Å². The van der Waals surface area contributed by atoms with Gasteiger partial charge in [0.05, 0.1) is 15.0 Å². The zero-order chi connectivity index (χ0) is 15.4. The first-order valence-electron chi connectivity index (χ1n) is 6.46. The lowest BCUT2D eigenvalue weighted by atomic mass is 10.1. The summed E-state index contributed by atoms with van der Waals surface area (Å²) in [6.07, 6.45) is 0.978. The van der Waals surface area contributed by atoms with E-state index in [0.717, 1.165) is 12.0 Å². The largest absolute Gasteiger partial charge is 0.375 e. The Kier molecular flexibility index (Phi) is 5.04. The Labute approximate surface area is 132 Å². The summed E-state index contributed by atoms with van der Waals surface area (Å²) in [5, 5.41) is 14.5. The smallest absolute Gasteiger partial charge is 0.293 e. The molecular formula is C15H14Cl2N2O2. The van der Waals surface area contributed by atoms with Crippen LogP contribution in [0.2, 0.25) is 10.0 Å². The summed E-state index contributed by atoms with van der Waals surface area (Å²) < 4.78 is 0. The van der Waals surface area contributed by atoms with Crippen molar-refractivity contribution in [2.45, 2.75) is 19.9 Å². The van der Waals surface area contributed by atoms with Crippen molar-refractivity contribution in [1.82, 2.24) is 0 Å². The summed E-state index contributed by atoms with van der Waals surface area (Å²) in [5.74, 6) is 0. The van der Waals surface area contributed by atoms with E-state index in [1.807, 2.05) is 24.3 Å². The molecule has 0 amide bonds. The summed E-state index contributed by atoms with van der Waals surface area (Å²) in [4.78, 5) is 10.6. The molecule has 4 nitrogen and oxygen atoms in total. The van der Waals surface area contributed by atoms with Crippen molar-refractivity contribution in [3.8, 4) is 0 Å². The Morgan fingerprint density at radius 2 is 1.67 bits per heavy atom. The van der Waals surface area contributed by atoms with Crippen LogP contribution in [0, 0.1) is 10.1 Å². The summed E-state index contributed by atoms with van der Waals surface area (Å²) >= 11 is 11.7. The average molecular weight is 325 g/mol. The first-order chi connectivity index (χ1) is 10.0. The third kappa shape index (κ3) is 3.86. The van der Waals surface area contributed by atoms with Gasteiger partial charge in [-0.05, 0) is 23.6 Å². The summed E-state index contributed by atoms with van der Waals surface area (Å²) in [6.45, 7) is 2.56. The maximum atomic E-state index is 11.0. The lowest BCUT2D eigenvalue weighted by Gasteiger charge is -2.09. The van der Waals surface area contributed by atoms with Crippen molar-refractivity contribution in [3.05, 3.63) is 67.7 Å². The van der Waals surface area contributed by atoms with Crippen molar-refractivity contribution in [2.24, 2.45) is 0 Å². The molecule has 0 saturated heterocycles. The van der Waals surface area contributed by atoms with E-state index in [0.29, 0.717) is 12.2 Å². The molecule has 0 atom stereocenters. The molecule has 21 heavy (non-hydrogen) atoms. The summed E-state index contributed by atoms with van der Waals surface area (Å²) in [6, 6.07) is 10.8. The van der Waals surface area contributed by atoms with Gasteiger partial charge in [0.2, 0.25) is 0 Å². The summed E-state index contributed by atoms with van der Waals surface area (Å²) in [7, 11) is 0. The molecule has 2 aromatic carbocycles. The number of anilines is 1. The third-order valence-corrected chi connectivity index (χ3v) is 3.87. The van der Waals surface area contributed by atoms with Crippen LogP contribution >= 0.6 is 23.2 Å². The molecule has 2 aromatic rings. The van der Waals surface area contributed by atoms with Gasteiger partial charge < -0.3 is 5.32 Å². The molecule has 0 bridgehead atoms. The number of halogens is 2. The fourth-order valence-corrected chi connectivity index (χ4v) is 2.24. The number of nitrogens with one attached hydrogen (secondary N) is 1. The highest BCUT2D eigenvalue weighted by Gasteiger charge is 2.16. The SMILES string of the molecule is CCc1ccc(CNc2cc(Cl)c(Cl)cc2[N+](=O)[O-])cc1. The fourth-order valence-electron chi connectivity index (χ4n) is 1.92. The van der Waals surface area contributed by atoms with Gasteiger partial charge in [-0.2, -0.15) is 0 Å². The predicted octanol–water partition coefficient (Wildman–Crippen LogP) is 5.08. The highest BCUT2D eigenvalue weighted by molar-refractivity contribution is 6.42. The van der Waals surface area contributed by atoms with Gasteiger partial charge in [-0.3, -0.25) is 10.1 Å². The first-order valence-corrected chi connectivity index (χ1v) is 7.22. The average Bonchev–Trinajstić information content (AvgIpc) is 2.48. The lowest BCUT2D eigenvalue weighted by molar-refractivity contribution is -0.383. The Hall–Kier alpha value is -1.78. The minimum Gasteiger partial charge on any atom is -0.375 e. The predicted molar refractivity (Wildman–Crippen MR) is 86.3 cm³/mol. The quantitative estimate of drug-likeness (QED) is 0.616. The second kappa shape index (κ2) is 6.78. The number of aryl methyl sites for hydroxylation is 1. The van der Waals surface area contributed by atoms with Gasteiger partial charge in [0, 0.05) is 12.6 Å². The Balaban J connectivity index is 2.18. The number of nitrogens with zero attached hydrogens (tertiary/aromatic N) is 1. The van der Waals surface area contributed by atoms with E-state index < -0.39 is 4.92 Å². The third-order valence-electron chi connectivity index (χ3n) is 3.15. The molecular weight excluding hydrogens is 311 g/mol. The van der Waals surface area contributed by atoms with Gasteiger partial charge in [-0.1, -0.05) is 54.4 Å². The zero-order valence-corrected chi connectivity index (χ0v) is 12.9. The molecule has 0 heterocycles. The Morgan fingerprint density at radius 1 is 1.10 bits per heavy atom. The molecule has 2 rings (SSSR count). The number of nitro benzene ring substituents is 1.